The van der Waals surface area contributed by atoms with Crippen molar-refractivity contribution in [3.8, 4) is 0 Å². The third-order valence-electron chi connectivity index (χ3n) is 2.66. The minimum absolute atomic E-state index is 0.260. The maximum absolute atomic E-state index is 10.4. The Balaban J connectivity index is 2.62. The number of aliphatic carboxylic acids is 1. The first kappa shape index (κ1) is 11.8. The summed E-state index contributed by atoms with van der Waals surface area (Å²) in [5.74, 6) is -0.709. The highest BCUT2D eigenvalue weighted by molar-refractivity contribution is 5.66. The summed E-state index contributed by atoms with van der Waals surface area (Å²) in [6.45, 7) is 4.21. The molecule has 0 aromatic heterocycles. The van der Waals surface area contributed by atoms with E-state index >= 15 is 0 Å². The van der Waals surface area contributed by atoms with Gasteiger partial charge in [0, 0.05) is 6.42 Å². The molecule has 0 fully saturated rings. The molecule has 0 atom stereocenters. The van der Waals surface area contributed by atoms with Gasteiger partial charge in [-0.15, -0.1) is 0 Å². The van der Waals surface area contributed by atoms with E-state index in [4.69, 9.17) is 5.11 Å². The lowest BCUT2D eigenvalue weighted by atomic mass is 9.99. The van der Waals surface area contributed by atoms with E-state index in [1.165, 1.54) is 16.7 Å². The number of carboxylic acid groups (broad SMARTS) is 1. The van der Waals surface area contributed by atoms with Crippen LogP contribution < -0.4 is 0 Å². The summed E-state index contributed by atoms with van der Waals surface area (Å²) in [7, 11) is 0. The zero-order valence-corrected chi connectivity index (χ0v) is 9.42. The van der Waals surface area contributed by atoms with Crippen molar-refractivity contribution in [1.82, 2.24) is 0 Å². The number of hydrogen-bond donors (Lipinski definition) is 1. The van der Waals surface area contributed by atoms with Gasteiger partial charge in [-0.1, -0.05) is 25.1 Å². The van der Waals surface area contributed by atoms with Crippen LogP contribution in [0.25, 0.3) is 0 Å². The van der Waals surface area contributed by atoms with E-state index < -0.39 is 5.97 Å². The molecule has 1 N–H and O–H groups in total. The number of hydrogen-bond acceptors (Lipinski definition) is 1. The van der Waals surface area contributed by atoms with Crippen molar-refractivity contribution in [2.45, 2.75) is 39.5 Å². The molecule has 0 aliphatic carbocycles. The Bertz CT molecular complexity index is 342. The molecule has 0 spiro atoms. The van der Waals surface area contributed by atoms with E-state index in [2.05, 4.69) is 32.0 Å². The molecule has 2 nitrogen and oxygen atoms in total. The van der Waals surface area contributed by atoms with Gasteiger partial charge in [0.25, 0.3) is 0 Å². The second kappa shape index (κ2) is 5.54. The predicted octanol–water partition coefficient (Wildman–Crippen LogP) is 2.96. The van der Waals surface area contributed by atoms with Crippen molar-refractivity contribution in [3.63, 3.8) is 0 Å². The van der Waals surface area contributed by atoms with Crippen LogP contribution in [0.3, 0.4) is 0 Å². The second-order valence-electron chi connectivity index (χ2n) is 3.86. The van der Waals surface area contributed by atoms with Gasteiger partial charge in [-0.05, 0) is 42.9 Å². The van der Waals surface area contributed by atoms with Gasteiger partial charge in [-0.2, -0.15) is 0 Å². The lowest BCUT2D eigenvalue weighted by Crippen LogP contribution is -1.98. The van der Waals surface area contributed by atoms with E-state index in [1.54, 1.807) is 0 Å². The Hall–Kier alpha value is -1.31. The highest BCUT2D eigenvalue weighted by Crippen LogP contribution is 2.14. The first-order valence-electron chi connectivity index (χ1n) is 5.43. The summed E-state index contributed by atoms with van der Waals surface area (Å²) in [6, 6.07) is 6.45. The molecule has 0 aliphatic rings. The van der Waals surface area contributed by atoms with E-state index in [-0.39, 0.29) is 6.42 Å². The topological polar surface area (TPSA) is 37.3 Å². The van der Waals surface area contributed by atoms with Crippen LogP contribution >= 0.6 is 0 Å². The van der Waals surface area contributed by atoms with Gasteiger partial charge in [-0.25, -0.2) is 0 Å². The van der Waals surface area contributed by atoms with Crippen molar-refractivity contribution in [2.75, 3.05) is 0 Å². The lowest BCUT2D eigenvalue weighted by Gasteiger charge is -2.07. The Morgan fingerprint density at radius 2 is 2.13 bits per heavy atom. The highest BCUT2D eigenvalue weighted by atomic mass is 16.4. The molecule has 1 rings (SSSR count). The molecule has 0 saturated heterocycles. The SMILES string of the molecule is CCc1ccc(C)c(CCCC(=O)O)c1. The number of benzene rings is 1. The van der Waals surface area contributed by atoms with Crippen LogP contribution in [0.4, 0.5) is 0 Å². The maximum atomic E-state index is 10.4. The quantitative estimate of drug-likeness (QED) is 0.804. The van der Waals surface area contributed by atoms with Crippen molar-refractivity contribution in [1.29, 1.82) is 0 Å². The van der Waals surface area contributed by atoms with Crippen LogP contribution in [0, 0.1) is 6.92 Å². The monoisotopic (exact) mass is 206 g/mol. The Kier molecular flexibility index (Phi) is 4.35. The first-order chi connectivity index (χ1) is 7.13. The molecular formula is C13H18O2. The van der Waals surface area contributed by atoms with Gasteiger partial charge in [0.15, 0.2) is 0 Å². The summed E-state index contributed by atoms with van der Waals surface area (Å²) in [6.07, 6.45) is 2.89. The largest absolute Gasteiger partial charge is 0.481 e. The smallest absolute Gasteiger partial charge is 0.303 e. The van der Waals surface area contributed by atoms with Gasteiger partial charge in [0.2, 0.25) is 0 Å². The zero-order chi connectivity index (χ0) is 11.3. The minimum atomic E-state index is -0.709. The lowest BCUT2D eigenvalue weighted by molar-refractivity contribution is -0.137. The standard InChI is InChI=1S/C13H18O2/c1-3-11-8-7-10(2)12(9-11)5-4-6-13(14)15/h7-9H,3-6H2,1-2H3,(H,14,15). The van der Waals surface area contributed by atoms with Crippen LogP contribution in [0.15, 0.2) is 18.2 Å². The van der Waals surface area contributed by atoms with Gasteiger partial charge in [0.05, 0.1) is 0 Å². The molecule has 0 unspecified atom stereocenters. The van der Waals surface area contributed by atoms with Crippen molar-refractivity contribution in [3.05, 3.63) is 34.9 Å². The van der Waals surface area contributed by atoms with Crippen LogP contribution in [0.5, 0.6) is 0 Å². The Morgan fingerprint density at radius 3 is 2.73 bits per heavy atom. The fourth-order valence-electron chi connectivity index (χ4n) is 1.64. The molecule has 0 amide bonds. The van der Waals surface area contributed by atoms with E-state index in [0.717, 1.165) is 19.3 Å². The molecule has 0 radical (unpaired) electrons. The molecule has 0 saturated carbocycles. The Morgan fingerprint density at radius 1 is 1.40 bits per heavy atom. The first-order valence-corrected chi connectivity index (χ1v) is 5.43. The third kappa shape index (κ3) is 3.74. The summed E-state index contributed by atoms with van der Waals surface area (Å²) >= 11 is 0. The predicted molar refractivity (Wildman–Crippen MR) is 61.1 cm³/mol. The maximum Gasteiger partial charge on any atom is 0.303 e. The second-order valence-corrected chi connectivity index (χ2v) is 3.86. The molecule has 0 bridgehead atoms. The van der Waals surface area contributed by atoms with Gasteiger partial charge in [-0.3, -0.25) is 4.79 Å². The molecule has 1 aromatic carbocycles. The van der Waals surface area contributed by atoms with E-state index in [1.807, 2.05) is 0 Å². The fraction of sp³-hybridized carbons (Fsp3) is 0.462. The summed E-state index contributed by atoms with van der Waals surface area (Å²) in [5, 5.41) is 8.56. The third-order valence-corrected chi connectivity index (χ3v) is 2.66. The molecule has 0 aliphatic heterocycles. The van der Waals surface area contributed by atoms with E-state index in [0.29, 0.717) is 0 Å². The minimum Gasteiger partial charge on any atom is -0.481 e. The summed E-state index contributed by atoms with van der Waals surface area (Å²) in [4.78, 5) is 10.4. The van der Waals surface area contributed by atoms with Crippen LogP contribution in [0.1, 0.15) is 36.5 Å². The number of rotatable bonds is 5. The fourth-order valence-corrected chi connectivity index (χ4v) is 1.64. The van der Waals surface area contributed by atoms with Gasteiger partial charge in [0.1, 0.15) is 0 Å². The molecule has 15 heavy (non-hydrogen) atoms. The molecule has 0 heterocycles. The molecule has 1 aromatic rings. The number of carboxylic acids is 1. The van der Waals surface area contributed by atoms with Gasteiger partial charge >= 0.3 is 5.97 Å². The summed E-state index contributed by atoms with van der Waals surface area (Å²) < 4.78 is 0. The highest BCUT2D eigenvalue weighted by Gasteiger charge is 2.02. The average molecular weight is 206 g/mol. The van der Waals surface area contributed by atoms with Crippen molar-refractivity contribution < 1.29 is 9.90 Å². The van der Waals surface area contributed by atoms with Crippen molar-refractivity contribution in [2.24, 2.45) is 0 Å². The number of aryl methyl sites for hydroxylation is 3. The number of carbonyl (C=O) groups is 1. The van der Waals surface area contributed by atoms with E-state index in [9.17, 15) is 4.79 Å². The van der Waals surface area contributed by atoms with Crippen LogP contribution in [-0.4, -0.2) is 11.1 Å². The molecular weight excluding hydrogens is 188 g/mol. The molecule has 2 heteroatoms. The van der Waals surface area contributed by atoms with Crippen LogP contribution in [0.2, 0.25) is 0 Å². The zero-order valence-electron chi connectivity index (χ0n) is 9.42. The summed E-state index contributed by atoms with van der Waals surface area (Å²) in [5.41, 5.74) is 3.87. The normalized spacial score (nSPS) is 10.3. The van der Waals surface area contributed by atoms with Crippen LogP contribution in [-0.2, 0) is 17.6 Å². The van der Waals surface area contributed by atoms with Gasteiger partial charge < -0.3 is 5.11 Å². The van der Waals surface area contributed by atoms with Crippen molar-refractivity contribution >= 4 is 5.97 Å². The average Bonchev–Trinajstić information content (AvgIpc) is 2.20. The Labute approximate surface area is 90.9 Å². The molecule has 82 valence electrons.